The number of hydrogen-bond donors (Lipinski definition) is 2. The van der Waals surface area contributed by atoms with E-state index in [9.17, 15) is 0 Å². The normalized spacial score (nSPS) is 14.9. The first-order chi connectivity index (χ1) is 7.04. The Bertz CT molecular complexity index is 182. The first-order valence-corrected chi connectivity index (χ1v) is 5.71. The monoisotopic (exact) mass is 214 g/mol. The van der Waals surface area contributed by atoms with Crippen LogP contribution in [0, 0.1) is 0 Å². The molecule has 1 unspecified atom stereocenters. The van der Waals surface area contributed by atoms with Crippen molar-refractivity contribution in [3.8, 4) is 0 Å². The van der Waals surface area contributed by atoms with Gasteiger partial charge >= 0.3 is 0 Å². The minimum Gasteiger partial charge on any atom is -0.376 e. The van der Waals surface area contributed by atoms with Crippen LogP contribution in [-0.2, 0) is 4.74 Å². The molecule has 0 rings (SSSR count). The molecule has 0 saturated heterocycles. The van der Waals surface area contributed by atoms with Crippen molar-refractivity contribution >= 4 is 0 Å². The Morgan fingerprint density at radius 1 is 1.53 bits per heavy atom. The molecule has 0 aliphatic rings. The third-order valence-corrected chi connectivity index (χ3v) is 2.40. The van der Waals surface area contributed by atoms with E-state index in [0.717, 1.165) is 25.0 Å². The minimum atomic E-state index is 0.0569. The molecule has 1 atom stereocenters. The number of hydrogen-bond acceptors (Lipinski definition) is 3. The van der Waals surface area contributed by atoms with Crippen molar-refractivity contribution in [2.45, 2.75) is 39.2 Å². The van der Waals surface area contributed by atoms with E-state index in [1.165, 1.54) is 0 Å². The quantitative estimate of drug-likeness (QED) is 0.453. The van der Waals surface area contributed by atoms with Crippen LogP contribution in [0.2, 0.25) is 0 Å². The molecule has 90 valence electrons. The van der Waals surface area contributed by atoms with Crippen LogP contribution in [0.3, 0.4) is 0 Å². The van der Waals surface area contributed by atoms with E-state index in [1.807, 2.05) is 6.92 Å². The lowest BCUT2D eigenvalue weighted by molar-refractivity contribution is 0.148. The molecule has 0 saturated carbocycles. The third-order valence-electron chi connectivity index (χ3n) is 2.40. The van der Waals surface area contributed by atoms with Crippen molar-refractivity contribution < 1.29 is 4.74 Å². The molecular formula is C12H26N2O. The average Bonchev–Trinajstić information content (AvgIpc) is 2.17. The Kier molecular flexibility index (Phi) is 7.65. The predicted molar refractivity (Wildman–Crippen MR) is 66.0 cm³/mol. The van der Waals surface area contributed by atoms with E-state index < -0.39 is 0 Å². The van der Waals surface area contributed by atoms with Gasteiger partial charge in [-0.25, -0.2) is 0 Å². The molecule has 0 bridgehead atoms. The van der Waals surface area contributed by atoms with Crippen LogP contribution in [0.1, 0.15) is 33.6 Å². The standard InChI is InChI=1S/C12H26N2O/c1-5-6-12(4,10-13)14-7-8-15-9-11(2)3/h14H,2,5-10,13H2,1,3-4H3. The number of nitrogens with one attached hydrogen (secondary N) is 1. The van der Waals surface area contributed by atoms with Crippen LogP contribution in [0.5, 0.6) is 0 Å². The van der Waals surface area contributed by atoms with Gasteiger partial charge in [-0.2, -0.15) is 0 Å². The number of rotatable bonds is 9. The summed E-state index contributed by atoms with van der Waals surface area (Å²) in [4.78, 5) is 0. The van der Waals surface area contributed by atoms with Crippen molar-refractivity contribution in [1.82, 2.24) is 5.32 Å². The zero-order valence-corrected chi connectivity index (χ0v) is 10.4. The van der Waals surface area contributed by atoms with Gasteiger partial charge in [0.05, 0.1) is 13.2 Å². The van der Waals surface area contributed by atoms with E-state index >= 15 is 0 Å². The minimum absolute atomic E-state index is 0.0569. The van der Waals surface area contributed by atoms with Gasteiger partial charge in [-0.1, -0.05) is 25.5 Å². The largest absolute Gasteiger partial charge is 0.376 e. The highest BCUT2D eigenvalue weighted by molar-refractivity contribution is 4.87. The summed E-state index contributed by atoms with van der Waals surface area (Å²) < 4.78 is 5.41. The second kappa shape index (κ2) is 7.85. The van der Waals surface area contributed by atoms with Gasteiger partial charge in [0.1, 0.15) is 0 Å². The van der Waals surface area contributed by atoms with E-state index in [1.54, 1.807) is 0 Å². The second-order valence-electron chi connectivity index (χ2n) is 4.45. The fraction of sp³-hybridized carbons (Fsp3) is 0.833. The predicted octanol–water partition coefficient (Wildman–Crippen LogP) is 1.69. The van der Waals surface area contributed by atoms with Crippen LogP contribution in [0.25, 0.3) is 0 Å². The molecule has 0 radical (unpaired) electrons. The van der Waals surface area contributed by atoms with Crippen molar-refractivity contribution in [3.05, 3.63) is 12.2 Å². The highest BCUT2D eigenvalue weighted by Crippen LogP contribution is 2.09. The van der Waals surface area contributed by atoms with Gasteiger partial charge in [0.2, 0.25) is 0 Å². The highest BCUT2D eigenvalue weighted by atomic mass is 16.5. The highest BCUT2D eigenvalue weighted by Gasteiger charge is 2.19. The van der Waals surface area contributed by atoms with E-state index in [2.05, 4.69) is 25.7 Å². The molecule has 0 aliphatic carbocycles. The summed E-state index contributed by atoms with van der Waals surface area (Å²) in [6, 6.07) is 0. The Labute approximate surface area is 94.1 Å². The SMILES string of the molecule is C=C(C)COCCNC(C)(CN)CCC. The Morgan fingerprint density at radius 3 is 2.67 bits per heavy atom. The maximum atomic E-state index is 5.74. The van der Waals surface area contributed by atoms with Crippen LogP contribution in [0.15, 0.2) is 12.2 Å². The molecule has 0 amide bonds. The van der Waals surface area contributed by atoms with Crippen molar-refractivity contribution in [3.63, 3.8) is 0 Å². The van der Waals surface area contributed by atoms with Crippen LogP contribution >= 0.6 is 0 Å². The van der Waals surface area contributed by atoms with Crippen molar-refractivity contribution in [2.24, 2.45) is 5.73 Å². The number of nitrogens with two attached hydrogens (primary N) is 1. The molecule has 0 aromatic rings. The summed E-state index contributed by atoms with van der Waals surface area (Å²) in [6.07, 6.45) is 2.25. The van der Waals surface area contributed by atoms with Crippen molar-refractivity contribution in [2.75, 3.05) is 26.3 Å². The zero-order chi connectivity index (χ0) is 11.7. The third kappa shape index (κ3) is 7.54. The van der Waals surface area contributed by atoms with E-state index in [-0.39, 0.29) is 5.54 Å². The molecule has 0 heterocycles. The van der Waals surface area contributed by atoms with Gasteiger partial charge < -0.3 is 15.8 Å². The van der Waals surface area contributed by atoms with E-state index in [4.69, 9.17) is 10.5 Å². The van der Waals surface area contributed by atoms with Gasteiger partial charge in [0.25, 0.3) is 0 Å². The molecule has 0 aromatic carbocycles. The lowest BCUT2D eigenvalue weighted by atomic mass is 9.96. The smallest absolute Gasteiger partial charge is 0.0672 e. The first kappa shape index (κ1) is 14.6. The Morgan fingerprint density at radius 2 is 2.20 bits per heavy atom. The summed E-state index contributed by atoms with van der Waals surface area (Å²) in [6.45, 7) is 13.0. The lowest BCUT2D eigenvalue weighted by Gasteiger charge is -2.29. The van der Waals surface area contributed by atoms with Crippen LogP contribution < -0.4 is 11.1 Å². The zero-order valence-electron chi connectivity index (χ0n) is 10.4. The van der Waals surface area contributed by atoms with Crippen molar-refractivity contribution in [1.29, 1.82) is 0 Å². The summed E-state index contributed by atoms with van der Waals surface area (Å²) in [5, 5.41) is 3.44. The Balaban J connectivity index is 3.58. The van der Waals surface area contributed by atoms with Gasteiger partial charge in [-0.05, 0) is 20.3 Å². The van der Waals surface area contributed by atoms with Gasteiger partial charge in [0.15, 0.2) is 0 Å². The molecule has 3 heteroatoms. The molecule has 3 nitrogen and oxygen atoms in total. The molecule has 15 heavy (non-hydrogen) atoms. The first-order valence-electron chi connectivity index (χ1n) is 5.71. The summed E-state index contributed by atoms with van der Waals surface area (Å²) >= 11 is 0. The molecule has 0 aromatic heterocycles. The van der Waals surface area contributed by atoms with Gasteiger partial charge in [0, 0.05) is 18.6 Å². The topological polar surface area (TPSA) is 47.3 Å². The maximum absolute atomic E-state index is 5.74. The fourth-order valence-corrected chi connectivity index (χ4v) is 1.49. The van der Waals surface area contributed by atoms with Gasteiger partial charge in [-0.3, -0.25) is 0 Å². The molecule has 0 aliphatic heterocycles. The molecular weight excluding hydrogens is 188 g/mol. The Hall–Kier alpha value is -0.380. The molecule has 0 fully saturated rings. The average molecular weight is 214 g/mol. The summed E-state index contributed by atoms with van der Waals surface area (Å²) in [5.74, 6) is 0. The summed E-state index contributed by atoms with van der Waals surface area (Å²) in [7, 11) is 0. The number of ether oxygens (including phenoxy) is 1. The second-order valence-corrected chi connectivity index (χ2v) is 4.45. The van der Waals surface area contributed by atoms with Crippen LogP contribution in [0.4, 0.5) is 0 Å². The molecule has 0 spiro atoms. The fourth-order valence-electron chi connectivity index (χ4n) is 1.49. The van der Waals surface area contributed by atoms with E-state index in [0.29, 0.717) is 19.8 Å². The maximum Gasteiger partial charge on any atom is 0.0672 e. The molecule has 3 N–H and O–H groups in total. The summed E-state index contributed by atoms with van der Waals surface area (Å²) in [5.41, 5.74) is 6.86. The van der Waals surface area contributed by atoms with Crippen LogP contribution in [-0.4, -0.2) is 31.8 Å². The lowest BCUT2D eigenvalue weighted by Crippen LogP contribution is -2.49. The van der Waals surface area contributed by atoms with Gasteiger partial charge in [-0.15, -0.1) is 0 Å².